The second-order valence-corrected chi connectivity index (χ2v) is 5.91. The van der Waals surface area contributed by atoms with E-state index in [-0.39, 0.29) is 11.1 Å². The van der Waals surface area contributed by atoms with Gasteiger partial charge in [-0.1, -0.05) is 31.9 Å². The van der Waals surface area contributed by atoms with Crippen LogP contribution >= 0.6 is 11.6 Å². The van der Waals surface area contributed by atoms with Gasteiger partial charge in [0.25, 0.3) is 5.92 Å². The van der Waals surface area contributed by atoms with Crippen LogP contribution in [0.2, 0.25) is 5.15 Å². The molecule has 3 rings (SSSR count). The highest BCUT2D eigenvalue weighted by Crippen LogP contribution is 2.55. The van der Waals surface area contributed by atoms with Gasteiger partial charge in [-0.3, -0.25) is 0 Å². The summed E-state index contributed by atoms with van der Waals surface area (Å²) in [6, 6.07) is 0. The van der Waals surface area contributed by atoms with Crippen molar-refractivity contribution in [2.45, 2.75) is 38.5 Å². The lowest BCUT2D eigenvalue weighted by Gasteiger charge is -2.22. The first kappa shape index (κ1) is 13.7. The lowest BCUT2D eigenvalue weighted by atomic mass is 9.93. The van der Waals surface area contributed by atoms with Gasteiger partial charge >= 0.3 is 0 Å². The molecule has 0 aromatic carbocycles. The molecule has 1 aliphatic carbocycles. The molecule has 0 amide bonds. The van der Waals surface area contributed by atoms with Crippen LogP contribution in [0.4, 0.5) is 8.78 Å². The predicted molar refractivity (Wildman–Crippen MR) is 74.1 cm³/mol. The Morgan fingerprint density at radius 1 is 1.45 bits per heavy atom. The van der Waals surface area contributed by atoms with Crippen molar-refractivity contribution in [3.05, 3.63) is 23.2 Å². The number of nitrogens with one attached hydrogen (secondary N) is 1. The van der Waals surface area contributed by atoms with E-state index in [1.165, 1.54) is 6.33 Å². The normalized spacial score (nSPS) is 29.1. The Morgan fingerprint density at radius 2 is 2.20 bits per heavy atom. The molecule has 1 saturated carbocycles. The molecule has 2 aromatic rings. The third kappa shape index (κ3) is 1.83. The molecule has 3 atom stereocenters. The van der Waals surface area contributed by atoms with Gasteiger partial charge in [-0.15, -0.1) is 0 Å². The van der Waals surface area contributed by atoms with Crippen molar-refractivity contribution in [2.75, 3.05) is 0 Å². The van der Waals surface area contributed by atoms with Crippen LogP contribution < -0.4 is 0 Å². The Labute approximate surface area is 120 Å². The molecule has 2 aromatic heterocycles. The zero-order chi connectivity index (χ0) is 14.5. The third-order valence-electron chi connectivity index (χ3n) is 4.66. The lowest BCUT2D eigenvalue weighted by molar-refractivity contribution is -0.0529. The summed E-state index contributed by atoms with van der Waals surface area (Å²) in [5.74, 6) is -4.09. The van der Waals surface area contributed by atoms with Crippen LogP contribution in [0.25, 0.3) is 11.0 Å². The maximum absolute atomic E-state index is 14.5. The number of nitrogens with zero attached hydrogens (tertiary/aromatic N) is 2. The first-order chi connectivity index (χ1) is 9.46. The Balaban J connectivity index is 2.10. The fourth-order valence-corrected chi connectivity index (χ4v) is 3.53. The summed E-state index contributed by atoms with van der Waals surface area (Å²) in [4.78, 5) is 10.9. The van der Waals surface area contributed by atoms with Crippen LogP contribution in [-0.2, 0) is 0 Å². The summed E-state index contributed by atoms with van der Waals surface area (Å²) >= 11 is 5.96. The van der Waals surface area contributed by atoms with Gasteiger partial charge in [0.05, 0.1) is 11.4 Å². The molecular weight excluding hydrogens is 284 g/mol. The van der Waals surface area contributed by atoms with Gasteiger partial charge < -0.3 is 4.98 Å². The Kier molecular flexibility index (Phi) is 3.20. The summed E-state index contributed by atoms with van der Waals surface area (Å²) in [5, 5.41) is 0.266. The molecule has 2 heterocycles. The van der Waals surface area contributed by atoms with Crippen molar-refractivity contribution < 1.29 is 8.78 Å². The van der Waals surface area contributed by atoms with E-state index in [2.05, 4.69) is 15.0 Å². The zero-order valence-corrected chi connectivity index (χ0v) is 12.1. The molecule has 1 fully saturated rings. The predicted octanol–water partition coefficient (Wildman–Crippen LogP) is 4.40. The summed E-state index contributed by atoms with van der Waals surface area (Å²) in [5.41, 5.74) is 1.60. The first-order valence-electron chi connectivity index (χ1n) is 6.82. The number of fused-ring (bicyclic) bond motifs is 1. The average Bonchev–Trinajstić information content (AvgIpc) is 2.92. The van der Waals surface area contributed by atoms with E-state index in [1.807, 2.05) is 6.92 Å². The number of aromatic nitrogens is 3. The van der Waals surface area contributed by atoms with Gasteiger partial charge in [-0.2, -0.15) is 0 Å². The Bertz CT molecular complexity index is 640. The van der Waals surface area contributed by atoms with Crippen LogP contribution in [0.1, 0.15) is 38.2 Å². The number of hydrogen-bond donors (Lipinski definition) is 1. The van der Waals surface area contributed by atoms with Gasteiger partial charge in [-0.25, -0.2) is 18.7 Å². The minimum absolute atomic E-state index is 0.0391. The van der Waals surface area contributed by atoms with Crippen LogP contribution in [0, 0.1) is 11.8 Å². The number of halogens is 3. The van der Waals surface area contributed by atoms with E-state index in [1.54, 1.807) is 13.1 Å². The van der Waals surface area contributed by atoms with Crippen molar-refractivity contribution in [2.24, 2.45) is 11.8 Å². The third-order valence-corrected chi connectivity index (χ3v) is 4.95. The zero-order valence-electron chi connectivity index (χ0n) is 11.3. The highest BCUT2D eigenvalue weighted by Gasteiger charge is 2.55. The standard InChI is InChI=1S/C14H16ClF2N3/c1-3-8-4-10(14(16,17)7(8)2)9-5-18-12-11(9)19-6-20-13(12)15/h5-8,10,18H,3-4H2,1-2H3/t7-,8+,10+/m1/s1. The summed E-state index contributed by atoms with van der Waals surface area (Å²) in [6.45, 7) is 3.61. The molecule has 1 N–H and O–H groups in total. The minimum atomic E-state index is -2.72. The van der Waals surface area contributed by atoms with Crippen LogP contribution in [0.3, 0.4) is 0 Å². The van der Waals surface area contributed by atoms with E-state index in [0.29, 0.717) is 23.0 Å². The molecule has 3 nitrogen and oxygen atoms in total. The maximum atomic E-state index is 14.5. The summed E-state index contributed by atoms with van der Waals surface area (Å²) in [6.07, 6.45) is 4.18. The van der Waals surface area contributed by atoms with Crippen molar-refractivity contribution >= 4 is 22.6 Å². The Hall–Kier alpha value is -1.23. The fourth-order valence-electron chi connectivity index (χ4n) is 3.34. The van der Waals surface area contributed by atoms with E-state index in [9.17, 15) is 8.78 Å². The molecule has 0 radical (unpaired) electrons. The quantitative estimate of drug-likeness (QED) is 0.835. The van der Waals surface area contributed by atoms with Crippen LogP contribution in [0.15, 0.2) is 12.5 Å². The maximum Gasteiger partial charge on any atom is 0.257 e. The lowest BCUT2D eigenvalue weighted by Crippen LogP contribution is -2.27. The first-order valence-corrected chi connectivity index (χ1v) is 7.19. The second-order valence-electron chi connectivity index (χ2n) is 5.55. The van der Waals surface area contributed by atoms with E-state index >= 15 is 0 Å². The molecular formula is C14H16ClF2N3. The van der Waals surface area contributed by atoms with Gasteiger partial charge in [0.1, 0.15) is 11.8 Å². The van der Waals surface area contributed by atoms with Gasteiger partial charge in [-0.05, 0) is 12.3 Å². The molecule has 0 aliphatic heterocycles. The van der Waals surface area contributed by atoms with Crippen molar-refractivity contribution in [1.82, 2.24) is 15.0 Å². The fraction of sp³-hybridized carbons (Fsp3) is 0.571. The largest absolute Gasteiger partial charge is 0.357 e. The van der Waals surface area contributed by atoms with Gasteiger partial charge in [0, 0.05) is 17.7 Å². The van der Waals surface area contributed by atoms with E-state index in [4.69, 9.17) is 11.6 Å². The number of aromatic amines is 1. The molecule has 1 aliphatic rings. The molecule has 0 unspecified atom stereocenters. The molecule has 20 heavy (non-hydrogen) atoms. The highest BCUT2D eigenvalue weighted by atomic mass is 35.5. The smallest absolute Gasteiger partial charge is 0.257 e. The minimum Gasteiger partial charge on any atom is -0.357 e. The second kappa shape index (κ2) is 4.65. The number of hydrogen-bond acceptors (Lipinski definition) is 2. The van der Waals surface area contributed by atoms with Crippen molar-refractivity contribution in [1.29, 1.82) is 0 Å². The van der Waals surface area contributed by atoms with Crippen molar-refractivity contribution in [3.8, 4) is 0 Å². The van der Waals surface area contributed by atoms with E-state index in [0.717, 1.165) is 6.42 Å². The van der Waals surface area contributed by atoms with Crippen LogP contribution in [0.5, 0.6) is 0 Å². The molecule has 108 valence electrons. The van der Waals surface area contributed by atoms with Gasteiger partial charge in [0.2, 0.25) is 0 Å². The summed E-state index contributed by atoms with van der Waals surface area (Å²) in [7, 11) is 0. The molecule has 0 bridgehead atoms. The van der Waals surface area contributed by atoms with E-state index < -0.39 is 17.8 Å². The summed E-state index contributed by atoms with van der Waals surface area (Å²) < 4.78 is 29.1. The average molecular weight is 300 g/mol. The molecule has 0 spiro atoms. The number of rotatable bonds is 2. The number of H-pyrrole nitrogens is 1. The monoisotopic (exact) mass is 299 g/mol. The Morgan fingerprint density at radius 3 is 2.85 bits per heavy atom. The van der Waals surface area contributed by atoms with Gasteiger partial charge in [0.15, 0.2) is 5.15 Å². The molecule has 6 heteroatoms. The number of alkyl halides is 2. The highest BCUT2D eigenvalue weighted by molar-refractivity contribution is 6.33. The molecule has 0 saturated heterocycles. The van der Waals surface area contributed by atoms with Crippen LogP contribution in [-0.4, -0.2) is 20.9 Å². The topological polar surface area (TPSA) is 41.6 Å². The SMILES string of the molecule is CC[C@H]1C[C@@H](c2c[nH]c3c(Cl)ncnc23)C(F)(F)[C@@H]1C. The van der Waals surface area contributed by atoms with Crippen molar-refractivity contribution in [3.63, 3.8) is 0 Å².